The zero-order valence-corrected chi connectivity index (χ0v) is 12.1. The second kappa shape index (κ2) is 5.03. The van der Waals surface area contributed by atoms with Gasteiger partial charge in [0.1, 0.15) is 0 Å². The molecule has 0 bridgehead atoms. The van der Waals surface area contributed by atoms with Gasteiger partial charge in [0.15, 0.2) is 9.84 Å². The highest BCUT2D eigenvalue weighted by Crippen LogP contribution is 2.32. The van der Waals surface area contributed by atoms with Crippen molar-refractivity contribution < 1.29 is 8.42 Å². The van der Waals surface area contributed by atoms with Crippen LogP contribution in [0.25, 0.3) is 0 Å². The van der Waals surface area contributed by atoms with E-state index in [9.17, 15) is 8.42 Å². The number of fused-ring (bicyclic) bond motifs is 1. The standard InChI is InChI=1S/C14H17N3O2S/c1-17-11(7-9-16-17)6-8-15-13-10-20(18,19)14-5-3-2-4-12(13)14/h2-5,7,9,13,15H,6,8,10H2,1H3. The van der Waals surface area contributed by atoms with Gasteiger partial charge < -0.3 is 5.32 Å². The first-order chi connectivity index (χ1) is 9.58. The maximum absolute atomic E-state index is 12.1. The predicted octanol–water partition coefficient (Wildman–Crippen LogP) is 1.08. The summed E-state index contributed by atoms with van der Waals surface area (Å²) in [6.45, 7) is 0.730. The average Bonchev–Trinajstić information content (AvgIpc) is 2.93. The Kier molecular flexibility index (Phi) is 3.35. The summed E-state index contributed by atoms with van der Waals surface area (Å²) in [7, 11) is -1.22. The van der Waals surface area contributed by atoms with E-state index in [4.69, 9.17) is 0 Å². The summed E-state index contributed by atoms with van der Waals surface area (Å²) < 4.78 is 25.9. The molecule has 3 rings (SSSR count). The van der Waals surface area contributed by atoms with Crippen LogP contribution in [0.5, 0.6) is 0 Å². The van der Waals surface area contributed by atoms with E-state index in [1.54, 1.807) is 18.3 Å². The minimum atomic E-state index is -3.13. The van der Waals surface area contributed by atoms with Gasteiger partial charge in [0.2, 0.25) is 0 Å². The van der Waals surface area contributed by atoms with Crippen LogP contribution >= 0.6 is 0 Å². The lowest BCUT2D eigenvalue weighted by atomic mass is 10.1. The van der Waals surface area contributed by atoms with Crippen LogP contribution < -0.4 is 5.32 Å². The number of aryl methyl sites for hydroxylation is 1. The zero-order chi connectivity index (χ0) is 14.2. The second-order valence-corrected chi connectivity index (χ2v) is 7.02. The molecule has 2 aromatic rings. The van der Waals surface area contributed by atoms with Crippen LogP contribution in [0.1, 0.15) is 17.3 Å². The van der Waals surface area contributed by atoms with Crippen LogP contribution in [0.4, 0.5) is 0 Å². The summed E-state index contributed by atoms with van der Waals surface area (Å²) >= 11 is 0. The first-order valence-electron chi connectivity index (χ1n) is 6.60. The zero-order valence-electron chi connectivity index (χ0n) is 11.3. The van der Waals surface area contributed by atoms with Crippen molar-refractivity contribution in [2.24, 2.45) is 7.05 Å². The van der Waals surface area contributed by atoms with Gasteiger partial charge in [-0.1, -0.05) is 18.2 Å². The van der Waals surface area contributed by atoms with E-state index in [2.05, 4.69) is 10.4 Å². The van der Waals surface area contributed by atoms with Crippen LogP contribution in [-0.4, -0.2) is 30.5 Å². The van der Waals surface area contributed by atoms with Crippen molar-refractivity contribution in [2.75, 3.05) is 12.3 Å². The van der Waals surface area contributed by atoms with Gasteiger partial charge in [-0.05, 0) is 17.7 Å². The number of hydrogen-bond acceptors (Lipinski definition) is 4. The average molecular weight is 291 g/mol. The SMILES string of the molecule is Cn1nccc1CCNC1CS(=O)(=O)c2ccccc21. The van der Waals surface area contributed by atoms with Gasteiger partial charge in [0, 0.05) is 37.9 Å². The first kappa shape index (κ1) is 13.3. The van der Waals surface area contributed by atoms with E-state index in [0.29, 0.717) is 4.90 Å². The molecule has 0 fully saturated rings. The topological polar surface area (TPSA) is 64.0 Å². The van der Waals surface area contributed by atoms with Gasteiger partial charge in [-0.25, -0.2) is 8.42 Å². The Hall–Kier alpha value is -1.66. The van der Waals surface area contributed by atoms with Crippen molar-refractivity contribution in [3.8, 4) is 0 Å². The Labute approximate surface area is 118 Å². The van der Waals surface area contributed by atoms with Crippen molar-refractivity contribution >= 4 is 9.84 Å². The Balaban J connectivity index is 1.69. The number of benzene rings is 1. The van der Waals surface area contributed by atoms with Crippen LogP contribution in [0.3, 0.4) is 0 Å². The Morgan fingerprint density at radius 2 is 2.15 bits per heavy atom. The molecule has 1 N–H and O–H groups in total. The van der Waals surface area contributed by atoms with E-state index in [-0.39, 0.29) is 11.8 Å². The molecule has 0 amide bonds. The molecule has 0 saturated carbocycles. The van der Waals surface area contributed by atoms with Gasteiger partial charge in [-0.15, -0.1) is 0 Å². The molecular weight excluding hydrogens is 274 g/mol. The normalized spacial score (nSPS) is 19.9. The quantitative estimate of drug-likeness (QED) is 0.915. The van der Waals surface area contributed by atoms with Crippen molar-refractivity contribution in [3.05, 3.63) is 47.8 Å². The molecule has 0 radical (unpaired) electrons. The highest BCUT2D eigenvalue weighted by atomic mass is 32.2. The molecule has 1 aliphatic rings. The fraction of sp³-hybridized carbons (Fsp3) is 0.357. The molecule has 1 aromatic heterocycles. The number of sulfone groups is 1. The molecular formula is C14H17N3O2S. The van der Waals surface area contributed by atoms with Crippen LogP contribution in [-0.2, 0) is 23.3 Å². The van der Waals surface area contributed by atoms with Crippen molar-refractivity contribution in [3.63, 3.8) is 0 Å². The molecule has 5 nitrogen and oxygen atoms in total. The second-order valence-electron chi connectivity index (χ2n) is 5.02. The van der Waals surface area contributed by atoms with E-state index < -0.39 is 9.84 Å². The van der Waals surface area contributed by atoms with E-state index >= 15 is 0 Å². The van der Waals surface area contributed by atoms with E-state index in [1.807, 2.05) is 29.9 Å². The number of hydrogen-bond donors (Lipinski definition) is 1. The molecule has 1 atom stereocenters. The maximum atomic E-state index is 12.1. The number of nitrogens with one attached hydrogen (secondary N) is 1. The third-order valence-electron chi connectivity index (χ3n) is 3.71. The third-order valence-corrected chi connectivity index (χ3v) is 5.52. The smallest absolute Gasteiger partial charge is 0.180 e. The van der Waals surface area contributed by atoms with Crippen molar-refractivity contribution in [1.82, 2.24) is 15.1 Å². The molecule has 2 heterocycles. The van der Waals surface area contributed by atoms with Crippen LogP contribution in [0.15, 0.2) is 41.4 Å². The van der Waals surface area contributed by atoms with Gasteiger partial charge >= 0.3 is 0 Å². The number of rotatable bonds is 4. The third kappa shape index (κ3) is 2.36. The van der Waals surface area contributed by atoms with Crippen molar-refractivity contribution in [2.45, 2.75) is 17.4 Å². The summed E-state index contributed by atoms with van der Waals surface area (Å²) in [5.74, 6) is 0.151. The molecule has 0 spiro atoms. The minimum absolute atomic E-state index is 0.107. The summed E-state index contributed by atoms with van der Waals surface area (Å²) in [6.07, 6.45) is 2.60. The van der Waals surface area contributed by atoms with Gasteiger partial charge in [0.05, 0.1) is 10.6 Å². The van der Waals surface area contributed by atoms with E-state index in [1.165, 1.54) is 0 Å². The monoisotopic (exact) mass is 291 g/mol. The summed E-state index contributed by atoms with van der Waals surface area (Å²) in [5.41, 5.74) is 2.02. The Morgan fingerprint density at radius 1 is 1.35 bits per heavy atom. The Morgan fingerprint density at radius 3 is 2.90 bits per heavy atom. The van der Waals surface area contributed by atoms with Gasteiger partial charge in [0.25, 0.3) is 0 Å². The minimum Gasteiger partial charge on any atom is -0.309 e. The fourth-order valence-corrected chi connectivity index (χ4v) is 4.41. The Bertz CT molecular complexity index is 722. The molecule has 1 aromatic carbocycles. The number of nitrogens with zero attached hydrogens (tertiary/aromatic N) is 2. The lowest BCUT2D eigenvalue weighted by Crippen LogP contribution is -2.25. The lowest BCUT2D eigenvalue weighted by Gasteiger charge is -2.12. The van der Waals surface area contributed by atoms with Gasteiger partial charge in [-0.3, -0.25) is 4.68 Å². The lowest BCUT2D eigenvalue weighted by molar-refractivity contribution is 0.559. The fourth-order valence-electron chi connectivity index (χ4n) is 2.64. The summed E-state index contributed by atoms with van der Waals surface area (Å²) in [4.78, 5) is 0.470. The molecule has 0 saturated heterocycles. The van der Waals surface area contributed by atoms with Crippen LogP contribution in [0.2, 0.25) is 0 Å². The molecule has 1 unspecified atom stereocenters. The number of aromatic nitrogens is 2. The summed E-state index contributed by atoms with van der Waals surface area (Å²) in [6, 6.07) is 9.10. The van der Waals surface area contributed by atoms with Crippen molar-refractivity contribution in [1.29, 1.82) is 0 Å². The molecule has 20 heavy (non-hydrogen) atoms. The van der Waals surface area contributed by atoms with Crippen LogP contribution in [0, 0.1) is 0 Å². The molecule has 0 aliphatic carbocycles. The molecule has 1 aliphatic heterocycles. The van der Waals surface area contributed by atoms with Gasteiger partial charge in [-0.2, -0.15) is 5.10 Å². The first-order valence-corrected chi connectivity index (χ1v) is 8.25. The summed E-state index contributed by atoms with van der Waals surface area (Å²) in [5, 5.41) is 7.46. The molecule has 6 heteroatoms. The van der Waals surface area contributed by atoms with E-state index in [0.717, 1.165) is 24.2 Å². The highest BCUT2D eigenvalue weighted by Gasteiger charge is 2.33. The maximum Gasteiger partial charge on any atom is 0.180 e. The predicted molar refractivity (Wildman–Crippen MR) is 76.2 cm³/mol. The highest BCUT2D eigenvalue weighted by molar-refractivity contribution is 7.91. The largest absolute Gasteiger partial charge is 0.309 e. The molecule has 106 valence electrons.